The molecule has 0 radical (unpaired) electrons. The van der Waals surface area contributed by atoms with Crippen molar-refractivity contribution in [2.75, 3.05) is 50.1 Å². The van der Waals surface area contributed by atoms with Gasteiger partial charge in [0.05, 0.1) is 18.7 Å². The highest BCUT2D eigenvalue weighted by Crippen LogP contribution is 2.35. The highest BCUT2D eigenvalue weighted by molar-refractivity contribution is 5.92. The first kappa shape index (κ1) is 24.0. The Hall–Kier alpha value is -4.19. The van der Waals surface area contributed by atoms with Gasteiger partial charge in [-0.1, -0.05) is 5.92 Å². The van der Waals surface area contributed by atoms with E-state index in [9.17, 15) is 4.79 Å². The predicted molar refractivity (Wildman–Crippen MR) is 135 cm³/mol. The van der Waals surface area contributed by atoms with Crippen LogP contribution in [0.5, 0.6) is 17.2 Å². The van der Waals surface area contributed by atoms with Crippen LogP contribution in [0.15, 0.2) is 42.7 Å². The summed E-state index contributed by atoms with van der Waals surface area (Å²) in [6, 6.07) is 10.9. The Balaban J connectivity index is 1.42. The van der Waals surface area contributed by atoms with E-state index in [4.69, 9.17) is 20.6 Å². The number of amides is 2. The van der Waals surface area contributed by atoms with Gasteiger partial charge in [-0.3, -0.25) is 0 Å². The predicted octanol–water partition coefficient (Wildman–Crippen LogP) is 3.79. The van der Waals surface area contributed by atoms with E-state index in [2.05, 4.69) is 26.1 Å². The number of fused-ring (bicyclic) bond motifs is 1. The zero-order valence-corrected chi connectivity index (χ0v) is 20.2. The number of anilines is 2. The maximum atomic E-state index is 12.8. The van der Waals surface area contributed by atoms with Gasteiger partial charge in [-0.2, -0.15) is 0 Å². The quantitative estimate of drug-likeness (QED) is 0.520. The number of urea groups is 1. The zero-order chi connectivity index (χ0) is 24.8. The molecule has 35 heavy (non-hydrogen) atoms. The van der Waals surface area contributed by atoms with Crippen LogP contribution in [0.4, 0.5) is 16.3 Å². The number of methoxy groups -OCH3 is 1. The normalized spacial score (nSPS) is 13.5. The molecule has 2 amide bonds. The lowest BCUT2D eigenvalue weighted by Gasteiger charge is -2.35. The number of terminal acetylenes is 1. The first-order valence-electron chi connectivity index (χ1n) is 11.4. The summed E-state index contributed by atoms with van der Waals surface area (Å²) in [5, 5.41) is 3.80. The molecular formula is C26H29N5O4. The number of piperazine rings is 1. The van der Waals surface area contributed by atoms with Crippen molar-refractivity contribution in [1.29, 1.82) is 0 Å². The second-order valence-electron chi connectivity index (χ2n) is 8.31. The van der Waals surface area contributed by atoms with Crippen LogP contribution in [0.3, 0.4) is 0 Å². The van der Waals surface area contributed by atoms with Gasteiger partial charge in [0.25, 0.3) is 0 Å². The van der Waals surface area contributed by atoms with E-state index in [1.807, 2.05) is 44.2 Å². The summed E-state index contributed by atoms with van der Waals surface area (Å²) in [6.45, 7) is 6.49. The minimum atomic E-state index is -0.133. The molecule has 4 rings (SSSR count). The molecule has 0 bridgehead atoms. The Kier molecular flexibility index (Phi) is 7.41. The van der Waals surface area contributed by atoms with Crippen LogP contribution in [0.2, 0.25) is 0 Å². The third kappa shape index (κ3) is 5.66. The first-order valence-corrected chi connectivity index (χ1v) is 11.4. The molecule has 1 fully saturated rings. The van der Waals surface area contributed by atoms with Gasteiger partial charge >= 0.3 is 6.03 Å². The Morgan fingerprint density at radius 1 is 1.11 bits per heavy atom. The largest absolute Gasteiger partial charge is 0.493 e. The molecule has 2 heterocycles. The Morgan fingerprint density at radius 3 is 2.51 bits per heavy atom. The van der Waals surface area contributed by atoms with Crippen LogP contribution < -0.4 is 24.4 Å². The monoisotopic (exact) mass is 475 g/mol. The van der Waals surface area contributed by atoms with E-state index in [0.717, 1.165) is 28.2 Å². The lowest BCUT2D eigenvalue weighted by atomic mass is 10.2. The standard InChI is InChI=1S/C26H29N5O4/c1-5-14-34-24-16-22-21(15-23(24)33-4)25(28-17-27-22)30-10-12-31(13-11-30)26(32)29-19-6-8-20(9-7-19)35-18(2)3/h1,6-9,15-18H,10-14H2,2-4H3,(H,29,32). The maximum Gasteiger partial charge on any atom is 0.321 e. The molecule has 0 unspecified atom stereocenters. The van der Waals surface area contributed by atoms with Crippen molar-refractivity contribution in [2.24, 2.45) is 0 Å². The van der Waals surface area contributed by atoms with Gasteiger partial charge < -0.3 is 29.3 Å². The third-order valence-electron chi connectivity index (χ3n) is 5.55. The summed E-state index contributed by atoms with van der Waals surface area (Å²) in [5.74, 6) is 5.11. The lowest BCUT2D eigenvalue weighted by molar-refractivity contribution is 0.208. The number of hydrogen-bond donors (Lipinski definition) is 1. The number of carbonyl (C=O) groups excluding carboxylic acids is 1. The number of hydrogen-bond acceptors (Lipinski definition) is 7. The topological polar surface area (TPSA) is 89.1 Å². The van der Waals surface area contributed by atoms with Gasteiger partial charge in [-0.15, -0.1) is 6.42 Å². The average Bonchev–Trinajstić information content (AvgIpc) is 2.87. The summed E-state index contributed by atoms with van der Waals surface area (Å²) in [7, 11) is 1.58. The highest BCUT2D eigenvalue weighted by atomic mass is 16.5. The molecule has 182 valence electrons. The summed E-state index contributed by atoms with van der Waals surface area (Å²) < 4.78 is 16.7. The molecule has 0 saturated carbocycles. The van der Waals surface area contributed by atoms with Crippen molar-refractivity contribution >= 4 is 28.4 Å². The fraction of sp³-hybridized carbons (Fsp3) is 0.346. The summed E-state index contributed by atoms with van der Waals surface area (Å²) >= 11 is 0. The van der Waals surface area contributed by atoms with E-state index < -0.39 is 0 Å². The zero-order valence-electron chi connectivity index (χ0n) is 20.2. The molecule has 9 heteroatoms. The molecule has 1 aromatic heterocycles. The number of carbonyl (C=O) groups is 1. The molecule has 1 aliphatic heterocycles. The highest BCUT2D eigenvalue weighted by Gasteiger charge is 2.24. The maximum absolute atomic E-state index is 12.8. The van der Waals surface area contributed by atoms with Gasteiger partial charge in [-0.25, -0.2) is 14.8 Å². The molecule has 2 aromatic carbocycles. The first-order chi connectivity index (χ1) is 17.0. The van der Waals surface area contributed by atoms with Crippen LogP contribution in [0.25, 0.3) is 10.9 Å². The van der Waals surface area contributed by atoms with Crippen molar-refractivity contribution in [2.45, 2.75) is 20.0 Å². The van der Waals surface area contributed by atoms with E-state index in [1.54, 1.807) is 18.1 Å². The number of rotatable bonds is 7. The number of nitrogens with one attached hydrogen (secondary N) is 1. The van der Waals surface area contributed by atoms with Crippen LogP contribution in [0, 0.1) is 12.3 Å². The Bertz CT molecular complexity index is 1210. The van der Waals surface area contributed by atoms with Gasteiger partial charge in [0.2, 0.25) is 0 Å². The second-order valence-corrected chi connectivity index (χ2v) is 8.31. The second kappa shape index (κ2) is 10.8. The van der Waals surface area contributed by atoms with Gasteiger partial charge in [0.1, 0.15) is 24.5 Å². The van der Waals surface area contributed by atoms with E-state index in [0.29, 0.717) is 37.7 Å². The van der Waals surface area contributed by atoms with Crippen LogP contribution in [-0.4, -0.2) is 66.9 Å². The van der Waals surface area contributed by atoms with Crippen LogP contribution in [-0.2, 0) is 0 Å². The minimum absolute atomic E-state index is 0.101. The molecule has 0 atom stereocenters. The van der Waals surface area contributed by atoms with Crippen molar-refractivity contribution in [1.82, 2.24) is 14.9 Å². The van der Waals surface area contributed by atoms with Gasteiger partial charge in [0, 0.05) is 43.3 Å². The summed E-state index contributed by atoms with van der Waals surface area (Å²) in [4.78, 5) is 25.6. The molecule has 1 saturated heterocycles. The molecule has 1 aliphatic rings. The van der Waals surface area contributed by atoms with E-state index in [1.165, 1.54) is 6.33 Å². The molecule has 0 aliphatic carbocycles. The number of benzene rings is 2. The summed E-state index contributed by atoms with van der Waals surface area (Å²) in [5.41, 5.74) is 1.46. The van der Waals surface area contributed by atoms with Crippen molar-refractivity contribution < 1.29 is 19.0 Å². The van der Waals surface area contributed by atoms with Crippen molar-refractivity contribution in [3.05, 3.63) is 42.7 Å². The van der Waals surface area contributed by atoms with E-state index in [-0.39, 0.29) is 18.7 Å². The molecular weight excluding hydrogens is 446 g/mol. The number of nitrogens with zero attached hydrogens (tertiary/aromatic N) is 4. The van der Waals surface area contributed by atoms with Crippen LogP contribution >= 0.6 is 0 Å². The summed E-state index contributed by atoms with van der Waals surface area (Å²) in [6.07, 6.45) is 6.94. The molecule has 9 nitrogen and oxygen atoms in total. The van der Waals surface area contributed by atoms with Crippen LogP contribution in [0.1, 0.15) is 13.8 Å². The molecule has 3 aromatic rings. The Morgan fingerprint density at radius 2 is 1.86 bits per heavy atom. The Labute approximate surface area is 205 Å². The molecule has 1 N–H and O–H groups in total. The van der Waals surface area contributed by atoms with Gasteiger partial charge in [0.15, 0.2) is 11.5 Å². The number of ether oxygens (including phenoxy) is 3. The fourth-order valence-corrected chi connectivity index (χ4v) is 3.91. The van der Waals surface area contributed by atoms with Gasteiger partial charge in [-0.05, 0) is 44.2 Å². The average molecular weight is 476 g/mol. The third-order valence-corrected chi connectivity index (χ3v) is 5.55. The lowest BCUT2D eigenvalue weighted by Crippen LogP contribution is -2.50. The van der Waals surface area contributed by atoms with E-state index >= 15 is 0 Å². The number of aromatic nitrogens is 2. The minimum Gasteiger partial charge on any atom is -0.493 e. The smallest absolute Gasteiger partial charge is 0.321 e. The van der Waals surface area contributed by atoms with Crippen molar-refractivity contribution in [3.63, 3.8) is 0 Å². The fourth-order valence-electron chi connectivity index (χ4n) is 3.91. The molecule has 0 spiro atoms. The SMILES string of the molecule is C#CCOc1cc2ncnc(N3CCN(C(=O)Nc4ccc(OC(C)C)cc4)CC3)c2cc1OC. The van der Waals surface area contributed by atoms with Crippen molar-refractivity contribution in [3.8, 4) is 29.6 Å².